The van der Waals surface area contributed by atoms with E-state index in [1.165, 1.54) is 0 Å². The van der Waals surface area contributed by atoms with Crippen molar-refractivity contribution in [1.82, 2.24) is 5.32 Å². The zero-order valence-corrected chi connectivity index (χ0v) is 9.29. The summed E-state index contributed by atoms with van der Waals surface area (Å²) >= 11 is 0. The van der Waals surface area contributed by atoms with Crippen LogP contribution < -0.4 is 11.1 Å². The standard InChI is InChI=1S/C10H22N2O2/c1-7(2)9(11)6-10(14)12-5-4-8(3)13/h7-9,13H,4-6,11H2,1-3H3,(H,12,14). The fourth-order valence-electron chi connectivity index (χ4n) is 0.942. The number of carbonyl (C=O) groups excluding carboxylic acids is 1. The lowest BCUT2D eigenvalue weighted by molar-refractivity contribution is -0.121. The predicted octanol–water partition coefficient (Wildman–Crippen LogP) is 0.247. The van der Waals surface area contributed by atoms with Crippen LogP contribution >= 0.6 is 0 Å². The smallest absolute Gasteiger partial charge is 0.221 e. The van der Waals surface area contributed by atoms with E-state index in [0.717, 1.165) is 0 Å². The SMILES string of the molecule is CC(O)CCNC(=O)CC(N)C(C)C. The minimum atomic E-state index is -0.367. The molecular formula is C10H22N2O2. The second-order valence-electron chi connectivity index (χ2n) is 4.10. The Labute approximate surface area is 85.9 Å². The first-order valence-corrected chi connectivity index (χ1v) is 5.13. The summed E-state index contributed by atoms with van der Waals surface area (Å²) in [5.41, 5.74) is 5.74. The van der Waals surface area contributed by atoms with Crippen LogP contribution in [0.25, 0.3) is 0 Å². The number of amides is 1. The summed E-state index contributed by atoms with van der Waals surface area (Å²) in [6.07, 6.45) is 0.578. The first-order valence-electron chi connectivity index (χ1n) is 5.13. The molecule has 0 aliphatic heterocycles. The summed E-state index contributed by atoms with van der Waals surface area (Å²) in [6, 6.07) is -0.0819. The van der Waals surface area contributed by atoms with Crippen LogP contribution in [0.5, 0.6) is 0 Å². The summed E-state index contributed by atoms with van der Waals surface area (Å²) in [6.45, 7) is 6.20. The molecule has 1 amide bonds. The van der Waals surface area contributed by atoms with Gasteiger partial charge >= 0.3 is 0 Å². The van der Waals surface area contributed by atoms with E-state index >= 15 is 0 Å². The molecule has 0 aromatic rings. The number of nitrogens with two attached hydrogens (primary N) is 1. The molecule has 0 heterocycles. The zero-order chi connectivity index (χ0) is 11.1. The third kappa shape index (κ3) is 6.86. The summed E-state index contributed by atoms with van der Waals surface area (Å²) in [4.78, 5) is 11.3. The minimum Gasteiger partial charge on any atom is -0.393 e. The molecule has 4 heteroatoms. The van der Waals surface area contributed by atoms with E-state index in [1.807, 2.05) is 13.8 Å². The molecule has 0 aromatic carbocycles. The van der Waals surface area contributed by atoms with E-state index in [9.17, 15) is 4.79 Å². The number of aliphatic hydroxyl groups excluding tert-OH is 1. The van der Waals surface area contributed by atoms with Crippen LogP contribution in [0.3, 0.4) is 0 Å². The van der Waals surface area contributed by atoms with Gasteiger partial charge in [-0.3, -0.25) is 4.79 Å². The van der Waals surface area contributed by atoms with Crippen LogP contribution in [0.4, 0.5) is 0 Å². The largest absolute Gasteiger partial charge is 0.393 e. The van der Waals surface area contributed by atoms with Gasteiger partial charge in [0.15, 0.2) is 0 Å². The second-order valence-corrected chi connectivity index (χ2v) is 4.10. The quantitative estimate of drug-likeness (QED) is 0.578. The molecule has 0 radical (unpaired) electrons. The molecule has 2 atom stereocenters. The van der Waals surface area contributed by atoms with Gasteiger partial charge < -0.3 is 16.2 Å². The predicted molar refractivity (Wildman–Crippen MR) is 56.7 cm³/mol. The highest BCUT2D eigenvalue weighted by Crippen LogP contribution is 2.02. The van der Waals surface area contributed by atoms with Gasteiger partial charge in [0, 0.05) is 19.0 Å². The number of hydrogen-bond acceptors (Lipinski definition) is 3. The van der Waals surface area contributed by atoms with Crippen molar-refractivity contribution >= 4 is 5.91 Å². The van der Waals surface area contributed by atoms with Gasteiger partial charge in [-0.05, 0) is 19.3 Å². The van der Waals surface area contributed by atoms with Crippen LogP contribution in [-0.4, -0.2) is 29.7 Å². The van der Waals surface area contributed by atoms with E-state index in [1.54, 1.807) is 6.92 Å². The molecule has 0 aliphatic carbocycles. The van der Waals surface area contributed by atoms with Crippen molar-refractivity contribution in [2.24, 2.45) is 11.7 Å². The van der Waals surface area contributed by atoms with Crippen molar-refractivity contribution in [2.75, 3.05) is 6.54 Å². The highest BCUT2D eigenvalue weighted by molar-refractivity contribution is 5.76. The number of nitrogens with one attached hydrogen (secondary N) is 1. The van der Waals surface area contributed by atoms with Gasteiger partial charge in [-0.2, -0.15) is 0 Å². The molecule has 14 heavy (non-hydrogen) atoms. The molecule has 0 saturated carbocycles. The van der Waals surface area contributed by atoms with Crippen LogP contribution in [0.1, 0.15) is 33.6 Å². The van der Waals surface area contributed by atoms with Crippen LogP contribution in [0.2, 0.25) is 0 Å². The summed E-state index contributed by atoms with van der Waals surface area (Å²) < 4.78 is 0. The molecule has 0 spiro atoms. The fourth-order valence-corrected chi connectivity index (χ4v) is 0.942. The Morgan fingerprint density at radius 1 is 1.43 bits per heavy atom. The van der Waals surface area contributed by atoms with Crippen molar-refractivity contribution < 1.29 is 9.90 Å². The maximum Gasteiger partial charge on any atom is 0.221 e. The molecule has 0 saturated heterocycles. The van der Waals surface area contributed by atoms with Gasteiger partial charge in [0.05, 0.1) is 6.10 Å². The van der Waals surface area contributed by atoms with Crippen molar-refractivity contribution in [3.05, 3.63) is 0 Å². The third-order valence-corrected chi connectivity index (χ3v) is 2.16. The highest BCUT2D eigenvalue weighted by atomic mass is 16.3. The number of carbonyl (C=O) groups is 1. The lowest BCUT2D eigenvalue weighted by Gasteiger charge is -2.15. The van der Waals surface area contributed by atoms with Crippen molar-refractivity contribution in [3.8, 4) is 0 Å². The van der Waals surface area contributed by atoms with Gasteiger partial charge in [0.2, 0.25) is 5.91 Å². The molecule has 0 bridgehead atoms. The topological polar surface area (TPSA) is 75.3 Å². The first kappa shape index (κ1) is 13.4. The highest BCUT2D eigenvalue weighted by Gasteiger charge is 2.12. The van der Waals surface area contributed by atoms with Gasteiger partial charge in [-0.1, -0.05) is 13.8 Å². The van der Waals surface area contributed by atoms with Gasteiger partial charge in [-0.15, -0.1) is 0 Å². The van der Waals surface area contributed by atoms with Crippen molar-refractivity contribution in [1.29, 1.82) is 0 Å². The number of hydrogen-bond donors (Lipinski definition) is 3. The van der Waals surface area contributed by atoms with Gasteiger partial charge in [-0.25, -0.2) is 0 Å². The number of rotatable bonds is 6. The summed E-state index contributed by atoms with van der Waals surface area (Å²) in [7, 11) is 0. The summed E-state index contributed by atoms with van der Waals surface area (Å²) in [5.74, 6) is 0.282. The lowest BCUT2D eigenvalue weighted by atomic mass is 10.0. The molecule has 0 fully saturated rings. The van der Waals surface area contributed by atoms with Crippen LogP contribution in [-0.2, 0) is 4.79 Å². The van der Waals surface area contributed by atoms with E-state index in [4.69, 9.17) is 10.8 Å². The monoisotopic (exact) mass is 202 g/mol. The molecule has 0 aliphatic rings. The van der Waals surface area contributed by atoms with E-state index in [2.05, 4.69) is 5.32 Å². The fraction of sp³-hybridized carbons (Fsp3) is 0.900. The average Bonchev–Trinajstić information content (AvgIpc) is 2.02. The second kappa shape index (κ2) is 6.79. The van der Waals surface area contributed by atoms with E-state index in [-0.39, 0.29) is 18.1 Å². The summed E-state index contributed by atoms with van der Waals surface area (Å²) in [5, 5.41) is 11.7. The van der Waals surface area contributed by atoms with Gasteiger partial charge in [0.25, 0.3) is 0 Å². The molecule has 84 valence electrons. The Morgan fingerprint density at radius 3 is 2.43 bits per heavy atom. The zero-order valence-electron chi connectivity index (χ0n) is 9.29. The maximum absolute atomic E-state index is 11.3. The Balaban J connectivity index is 3.55. The molecular weight excluding hydrogens is 180 g/mol. The Bertz CT molecular complexity index is 170. The maximum atomic E-state index is 11.3. The lowest BCUT2D eigenvalue weighted by Crippen LogP contribution is -2.35. The van der Waals surface area contributed by atoms with Gasteiger partial charge in [0.1, 0.15) is 0 Å². The van der Waals surface area contributed by atoms with Crippen molar-refractivity contribution in [2.45, 2.75) is 45.8 Å². The molecule has 2 unspecified atom stereocenters. The van der Waals surface area contributed by atoms with Crippen molar-refractivity contribution in [3.63, 3.8) is 0 Å². The van der Waals surface area contributed by atoms with Crippen LogP contribution in [0, 0.1) is 5.92 Å². The van der Waals surface area contributed by atoms with Crippen LogP contribution in [0.15, 0.2) is 0 Å². The first-order chi connectivity index (χ1) is 6.43. The molecule has 4 nitrogen and oxygen atoms in total. The number of aliphatic hydroxyl groups is 1. The van der Waals surface area contributed by atoms with E-state index in [0.29, 0.717) is 25.3 Å². The Hall–Kier alpha value is -0.610. The Morgan fingerprint density at radius 2 is 2.00 bits per heavy atom. The molecule has 0 rings (SSSR count). The normalized spacial score (nSPS) is 15.3. The average molecular weight is 202 g/mol. The van der Waals surface area contributed by atoms with E-state index < -0.39 is 0 Å². The third-order valence-electron chi connectivity index (χ3n) is 2.16. The molecule has 4 N–H and O–H groups in total. The molecule has 0 aromatic heterocycles. The Kier molecular flexibility index (Phi) is 6.49. The minimum absolute atomic E-state index is 0.0353.